The number of amides is 1. The average Bonchev–Trinajstić information content (AvgIpc) is 3.21. The third kappa shape index (κ3) is 5.07. The summed E-state index contributed by atoms with van der Waals surface area (Å²) in [5.41, 5.74) is 3.11. The lowest BCUT2D eigenvalue weighted by atomic mass is 9.84. The highest BCUT2D eigenvalue weighted by Crippen LogP contribution is 2.31. The maximum atomic E-state index is 13.0. The van der Waals surface area contributed by atoms with Crippen LogP contribution in [0.3, 0.4) is 0 Å². The zero-order valence-corrected chi connectivity index (χ0v) is 19.9. The van der Waals surface area contributed by atoms with Crippen molar-refractivity contribution in [3.8, 4) is 0 Å². The Kier molecular flexibility index (Phi) is 8.11. The molecule has 2 bridgehead atoms. The Labute approximate surface area is 203 Å². The summed E-state index contributed by atoms with van der Waals surface area (Å²) in [6.07, 6.45) is 1.90. The van der Waals surface area contributed by atoms with Gasteiger partial charge in [0.05, 0.1) is 17.2 Å². The van der Waals surface area contributed by atoms with Gasteiger partial charge in [0.25, 0.3) is 11.5 Å². The number of carbonyl (C=O) groups is 1. The van der Waals surface area contributed by atoms with Gasteiger partial charge in [-0.25, -0.2) is 4.98 Å². The smallest absolute Gasteiger partial charge is 0.263 e. The molecule has 4 heterocycles. The van der Waals surface area contributed by atoms with Gasteiger partial charge in [-0.1, -0.05) is 30.3 Å². The zero-order chi connectivity index (χ0) is 20.5. The maximum Gasteiger partial charge on any atom is 0.263 e. The molecule has 2 aliphatic rings. The van der Waals surface area contributed by atoms with Crippen LogP contribution in [0.4, 0.5) is 0 Å². The van der Waals surface area contributed by atoms with Gasteiger partial charge in [0.2, 0.25) is 0 Å². The van der Waals surface area contributed by atoms with Crippen LogP contribution in [0.5, 0.6) is 0 Å². The molecule has 6 nitrogen and oxygen atoms in total. The monoisotopic (exact) mass is 492 g/mol. The van der Waals surface area contributed by atoms with E-state index in [0.29, 0.717) is 24.9 Å². The van der Waals surface area contributed by atoms with Crippen molar-refractivity contribution in [3.63, 3.8) is 0 Å². The minimum Gasteiger partial charge on any atom is -0.346 e. The quantitative estimate of drug-likeness (QED) is 0.572. The van der Waals surface area contributed by atoms with Crippen LogP contribution in [0.25, 0.3) is 0 Å². The molecule has 2 aliphatic heterocycles. The fraction of sp³-hybridized carbons (Fsp3) is 0.348. The SMILES string of the molecule is Cl.Cl.O=C(NCc1csc(Cc2ccccc2)n1)c1ccc2n(c1=O)C[C@@H]1CNC[C@H]2C1. The van der Waals surface area contributed by atoms with Crippen LogP contribution in [-0.4, -0.2) is 28.5 Å². The third-order valence-electron chi connectivity index (χ3n) is 5.98. The van der Waals surface area contributed by atoms with Crippen LogP contribution in [0.1, 0.15) is 44.7 Å². The van der Waals surface area contributed by atoms with Crippen molar-refractivity contribution < 1.29 is 4.79 Å². The summed E-state index contributed by atoms with van der Waals surface area (Å²) in [6.45, 7) is 2.85. The number of thiazole rings is 1. The van der Waals surface area contributed by atoms with E-state index in [1.54, 1.807) is 17.4 Å². The molecule has 1 saturated heterocycles. The first-order chi connectivity index (χ1) is 14.7. The summed E-state index contributed by atoms with van der Waals surface area (Å²) in [5.74, 6) is 0.493. The molecule has 3 aromatic rings. The largest absolute Gasteiger partial charge is 0.346 e. The van der Waals surface area contributed by atoms with Gasteiger partial charge in [-0.3, -0.25) is 9.59 Å². The van der Waals surface area contributed by atoms with Gasteiger partial charge in [0.1, 0.15) is 5.56 Å². The summed E-state index contributed by atoms with van der Waals surface area (Å²) in [7, 11) is 0. The number of nitrogens with one attached hydrogen (secondary N) is 2. The number of carbonyl (C=O) groups excluding carboxylic acids is 1. The number of benzene rings is 1. The standard InChI is InChI=1S/C23H24N4O2S.2ClH/c28-22(25-12-18-14-30-21(26-18)9-15-4-2-1-3-5-15)19-6-7-20-17-8-16(10-24-11-17)13-27(20)23(19)29;;/h1-7,14,16-17,24H,8-13H2,(H,25,28);2*1H/t16-,17+;;/m0../s1. The molecule has 1 fully saturated rings. The molecule has 5 rings (SSSR count). The lowest BCUT2D eigenvalue weighted by molar-refractivity contribution is 0.0947. The number of halogens is 2. The highest BCUT2D eigenvalue weighted by atomic mass is 35.5. The van der Waals surface area contributed by atoms with Gasteiger partial charge in [-0.2, -0.15) is 0 Å². The van der Waals surface area contributed by atoms with E-state index in [-0.39, 0.29) is 41.8 Å². The van der Waals surface area contributed by atoms with Crippen molar-refractivity contribution in [2.75, 3.05) is 13.1 Å². The molecular formula is C23H26Cl2N4O2S. The molecule has 0 saturated carbocycles. The number of fused-ring (bicyclic) bond motifs is 4. The number of hydrogen-bond donors (Lipinski definition) is 2. The molecule has 0 spiro atoms. The van der Waals surface area contributed by atoms with Crippen molar-refractivity contribution in [1.82, 2.24) is 20.2 Å². The van der Waals surface area contributed by atoms with Gasteiger partial charge < -0.3 is 15.2 Å². The molecule has 1 amide bonds. The highest BCUT2D eigenvalue weighted by molar-refractivity contribution is 7.09. The third-order valence-corrected chi connectivity index (χ3v) is 6.88. The number of rotatable bonds is 5. The van der Waals surface area contributed by atoms with Gasteiger partial charge in [-0.05, 0) is 36.6 Å². The Morgan fingerprint density at radius 1 is 1.16 bits per heavy atom. The molecule has 0 aliphatic carbocycles. The van der Waals surface area contributed by atoms with E-state index in [9.17, 15) is 9.59 Å². The minimum absolute atomic E-state index is 0. The molecule has 32 heavy (non-hydrogen) atoms. The Bertz CT molecular complexity index is 1130. The average molecular weight is 493 g/mol. The maximum absolute atomic E-state index is 13.0. The summed E-state index contributed by atoms with van der Waals surface area (Å²) in [4.78, 5) is 30.3. The Hall–Kier alpha value is -2.19. The first-order valence-electron chi connectivity index (χ1n) is 10.4. The van der Waals surface area contributed by atoms with E-state index in [1.807, 2.05) is 34.2 Å². The van der Waals surface area contributed by atoms with Crippen molar-refractivity contribution >= 4 is 42.1 Å². The lowest BCUT2D eigenvalue weighted by Gasteiger charge is -2.37. The van der Waals surface area contributed by atoms with E-state index >= 15 is 0 Å². The van der Waals surface area contributed by atoms with Crippen LogP contribution in [0, 0.1) is 5.92 Å². The first-order valence-corrected chi connectivity index (χ1v) is 11.2. The topological polar surface area (TPSA) is 76.0 Å². The fourth-order valence-corrected chi connectivity index (χ4v) is 5.34. The molecule has 2 N–H and O–H groups in total. The summed E-state index contributed by atoms with van der Waals surface area (Å²) >= 11 is 1.59. The van der Waals surface area contributed by atoms with E-state index < -0.39 is 0 Å². The second kappa shape index (κ2) is 10.6. The van der Waals surface area contributed by atoms with Crippen LogP contribution < -0.4 is 16.2 Å². The molecular weight excluding hydrogens is 467 g/mol. The lowest BCUT2D eigenvalue weighted by Crippen LogP contribution is -2.46. The Morgan fingerprint density at radius 3 is 2.78 bits per heavy atom. The highest BCUT2D eigenvalue weighted by Gasteiger charge is 2.31. The van der Waals surface area contributed by atoms with Gasteiger partial charge in [-0.15, -0.1) is 36.2 Å². The normalized spacial score (nSPS) is 18.6. The van der Waals surface area contributed by atoms with E-state index in [0.717, 1.165) is 42.3 Å². The van der Waals surface area contributed by atoms with E-state index in [1.165, 1.54) is 5.56 Å². The van der Waals surface area contributed by atoms with E-state index in [4.69, 9.17) is 0 Å². The van der Waals surface area contributed by atoms with Crippen LogP contribution in [-0.2, 0) is 19.5 Å². The summed E-state index contributed by atoms with van der Waals surface area (Å²) in [6, 6.07) is 13.8. The second-order valence-electron chi connectivity index (χ2n) is 8.12. The number of pyridine rings is 1. The predicted molar refractivity (Wildman–Crippen MR) is 131 cm³/mol. The number of hydrogen-bond acceptors (Lipinski definition) is 5. The van der Waals surface area contributed by atoms with Crippen molar-refractivity contribution in [3.05, 3.63) is 85.7 Å². The van der Waals surface area contributed by atoms with Crippen LogP contribution in [0.15, 0.2) is 52.6 Å². The second-order valence-corrected chi connectivity index (χ2v) is 9.06. The molecule has 0 radical (unpaired) electrons. The fourth-order valence-electron chi connectivity index (χ4n) is 4.51. The Morgan fingerprint density at radius 2 is 1.97 bits per heavy atom. The van der Waals surface area contributed by atoms with Gasteiger partial charge in [0, 0.05) is 36.5 Å². The molecule has 2 aromatic heterocycles. The van der Waals surface area contributed by atoms with Crippen molar-refractivity contribution in [2.45, 2.75) is 31.8 Å². The molecule has 1 aromatic carbocycles. The van der Waals surface area contributed by atoms with Gasteiger partial charge in [0.15, 0.2) is 0 Å². The Balaban J connectivity index is 0.00000144. The number of aromatic nitrogens is 2. The van der Waals surface area contributed by atoms with Crippen LogP contribution >= 0.6 is 36.2 Å². The summed E-state index contributed by atoms with van der Waals surface area (Å²) in [5, 5.41) is 9.29. The predicted octanol–water partition coefficient (Wildman–Crippen LogP) is 3.38. The first kappa shape index (κ1) is 24.5. The minimum atomic E-state index is -0.332. The summed E-state index contributed by atoms with van der Waals surface area (Å²) < 4.78 is 1.81. The number of nitrogens with zero attached hydrogens (tertiary/aromatic N) is 2. The molecule has 0 unspecified atom stereocenters. The van der Waals surface area contributed by atoms with Crippen molar-refractivity contribution in [1.29, 1.82) is 0 Å². The zero-order valence-electron chi connectivity index (χ0n) is 17.5. The molecule has 9 heteroatoms. The molecule has 2 atom stereocenters. The number of piperidine rings is 1. The van der Waals surface area contributed by atoms with Crippen molar-refractivity contribution in [2.24, 2.45) is 5.92 Å². The van der Waals surface area contributed by atoms with Gasteiger partial charge >= 0.3 is 0 Å². The molecule has 170 valence electrons. The van der Waals surface area contributed by atoms with Crippen LogP contribution in [0.2, 0.25) is 0 Å². The van der Waals surface area contributed by atoms with E-state index in [2.05, 4.69) is 27.8 Å².